The Morgan fingerprint density at radius 3 is 2.52 bits per heavy atom. The maximum Gasteiger partial charge on any atom is 0.260 e. The summed E-state index contributed by atoms with van der Waals surface area (Å²) in [7, 11) is 0. The van der Waals surface area contributed by atoms with Crippen LogP contribution in [-0.2, 0) is 0 Å². The third-order valence-electron chi connectivity index (χ3n) is 4.16. The molecule has 1 aromatic heterocycles. The molecule has 5 heteroatoms. The topological polar surface area (TPSA) is 64.9 Å². The van der Waals surface area contributed by atoms with Gasteiger partial charge in [0.25, 0.3) is 5.89 Å². The van der Waals surface area contributed by atoms with Crippen molar-refractivity contribution in [3.63, 3.8) is 0 Å². The molecule has 1 saturated carbocycles. The van der Waals surface area contributed by atoms with Crippen molar-refractivity contribution in [1.82, 2.24) is 10.1 Å². The van der Waals surface area contributed by atoms with Crippen molar-refractivity contribution in [3.8, 4) is 11.5 Å². The van der Waals surface area contributed by atoms with Gasteiger partial charge in [0.2, 0.25) is 0 Å². The van der Waals surface area contributed by atoms with Crippen molar-refractivity contribution >= 4 is 17.3 Å². The van der Waals surface area contributed by atoms with Crippen molar-refractivity contribution in [2.45, 2.75) is 50.9 Å². The van der Waals surface area contributed by atoms with E-state index in [2.05, 4.69) is 10.1 Å². The van der Waals surface area contributed by atoms with E-state index in [9.17, 15) is 0 Å². The average Bonchev–Trinajstić information content (AvgIpc) is 2.87. The number of halogens is 1. The van der Waals surface area contributed by atoms with E-state index in [1.54, 1.807) is 12.1 Å². The third-order valence-corrected chi connectivity index (χ3v) is 4.39. The van der Waals surface area contributed by atoms with Crippen LogP contribution < -0.4 is 5.73 Å². The first-order valence-electron chi connectivity index (χ1n) is 7.63. The Morgan fingerprint density at radius 1 is 1.10 bits per heavy atom. The highest BCUT2D eigenvalue weighted by Gasteiger charge is 2.20. The first-order valence-corrected chi connectivity index (χ1v) is 8.01. The third kappa shape index (κ3) is 3.38. The Morgan fingerprint density at radius 2 is 1.81 bits per heavy atom. The van der Waals surface area contributed by atoms with E-state index >= 15 is 0 Å². The summed E-state index contributed by atoms with van der Waals surface area (Å²) in [6.45, 7) is 0. The molecule has 112 valence electrons. The lowest BCUT2D eigenvalue weighted by Gasteiger charge is -2.15. The van der Waals surface area contributed by atoms with Crippen molar-refractivity contribution in [2.75, 3.05) is 5.73 Å². The molecule has 0 bridgehead atoms. The molecule has 21 heavy (non-hydrogen) atoms. The largest absolute Gasteiger partial charge is 0.398 e. The number of rotatable bonds is 2. The number of nitrogens with two attached hydrogens (primary N) is 1. The summed E-state index contributed by atoms with van der Waals surface area (Å²) < 4.78 is 5.41. The van der Waals surface area contributed by atoms with Crippen LogP contribution in [0.4, 0.5) is 5.69 Å². The van der Waals surface area contributed by atoms with Crippen molar-refractivity contribution in [1.29, 1.82) is 0 Å². The number of aromatic nitrogens is 2. The Balaban J connectivity index is 1.81. The quantitative estimate of drug-likeness (QED) is 0.809. The highest BCUT2D eigenvalue weighted by Crippen LogP contribution is 2.32. The molecule has 0 unspecified atom stereocenters. The number of benzene rings is 1. The van der Waals surface area contributed by atoms with Gasteiger partial charge in [-0.2, -0.15) is 4.98 Å². The van der Waals surface area contributed by atoms with Crippen LogP contribution in [0.15, 0.2) is 22.7 Å². The average molecular weight is 306 g/mol. The molecule has 0 amide bonds. The van der Waals surface area contributed by atoms with E-state index in [0.717, 1.165) is 24.2 Å². The molecule has 0 spiro atoms. The summed E-state index contributed by atoms with van der Waals surface area (Å²) in [6.07, 6.45) is 8.77. The minimum Gasteiger partial charge on any atom is -0.398 e. The van der Waals surface area contributed by atoms with Gasteiger partial charge in [0.05, 0.1) is 5.56 Å². The number of hydrogen-bond donors (Lipinski definition) is 1. The predicted molar refractivity (Wildman–Crippen MR) is 84.2 cm³/mol. The molecule has 1 aromatic carbocycles. The van der Waals surface area contributed by atoms with Gasteiger partial charge in [-0.3, -0.25) is 0 Å². The molecule has 1 heterocycles. The lowest BCUT2D eigenvalue weighted by Crippen LogP contribution is -2.04. The van der Waals surface area contributed by atoms with Gasteiger partial charge in [0, 0.05) is 16.6 Å². The molecule has 0 radical (unpaired) electrons. The van der Waals surface area contributed by atoms with Gasteiger partial charge >= 0.3 is 0 Å². The van der Waals surface area contributed by atoms with Crippen LogP contribution in [0, 0.1) is 0 Å². The first-order chi connectivity index (χ1) is 10.2. The second kappa shape index (κ2) is 6.48. The maximum atomic E-state index is 5.97. The zero-order valence-electron chi connectivity index (χ0n) is 12.0. The lowest BCUT2D eigenvalue weighted by atomic mass is 9.91. The second-order valence-corrected chi connectivity index (χ2v) is 6.17. The van der Waals surface area contributed by atoms with Gasteiger partial charge < -0.3 is 10.3 Å². The van der Waals surface area contributed by atoms with Gasteiger partial charge in [0.15, 0.2) is 5.82 Å². The van der Waals surface area contributed by atoms with Crippen LogP contribution in [0.2, 0.25) is 5.02 Å². The fraction of sp³-hybridized carbons (Fsp3) is 0.500. The molecular weight excluding hydrogens is 286 g/mol. The number of hydrogen-bond acceptors (Lipinski definition) is 4. The molecular formula is C16H20ClN3O. The minimum absolute atomic E-state index is 0.413. The van der Waals surface area contributed by atoms with Gasteiger partial charge in [-0.15, -0.1) is 0 Å². The molecule has 1 fully saturated rings. The minimum atomic E-state index is 0.413. The molecule has 0 aliphatic heterocycles. The van der Waals surface area contributed by atoms with E-state index in [1.165, 1.54) is 32.1 Å². The normalized spacial score (nSPS) is 17.4. The van der Waals surface area contributed by atoms with Crippen LogP contribution in [0.25, 0.3) is 11.5 Å². The van der Waals surface area contributed by atoms with Crippen LogP contribution in [-0.4, -0.2) is 10.1 Å². The zero-order chi connectivity index (χ0) is 14.7. The summed E-state index contributed by atoms with van der Waals surface area (Å²) in [5.74, 6) is 1.72. The van der Waals surface area contributed by atoms with E-state index in [-0.39, 0.29) is 0 Å². The van der Waals surface area contributed by atoms with Gasteiger partial charge in [0.1, 0.15) is 0 Å². The Hall–Kier alpha value is -1.55. The van der Waals surface area contributed by atoms with Crippen LogP contribution in [0.3, 0.4) is 0 Å². The lowest BCUT2D eigenvalue weighted by molar-refractivity contribution is 0.393. The molecule has 3 rings (SSSR count). The predicted octanol–water partition coefficient (Wildman–Crippen LogP) is 4.80. The van der Waals surface area contributed by atoms with Gasteiger partial charge in [-0.1, -0.05) is 48.9 Å². The van der Waals surface area contributed by atoms with Crippen molar-refractivity contribution < 1.29 is 4.52 Å². The molecule has 4 nitrogen and oxygen atoms in total. The number of nitrogen functional groups attached to an aromatic ring is 1. The summed E-state index contributed by atoms with van der Waals surface area (Å²) in [5, 5.41) is 4.78. The molecule has 0 atom stereocenters. The Bertz CT molecular complexity index is 603. The highest BCUT2D eigenvalue weighted by molar-refractivity contribution is 6.31. The van der Waals surface area contributed by atoms with Gasteiger partial charge in [-0.25, -0.2) is 0 Å². The highest BCUT2D eigenvalue weighted by atomic mass is 35.5. The zero-order valence-corrected chi connectivity index (χ0v) is 12.8. The van der Waals surface area contributed by atoms with E-state index in [0.29, 0.717) is 22.5 Å². The fourth-order valence-corrected chi connectivity index (χ4v) is 3.13. The van der Waals surface area contributed by atoms with Crippen LogP contribution in [0.5, 0.6) is 0 Å². The van der Waals surface area contributed by atoms with Crippen molar-refractivity contribution in [2.24, 2.45) is 0 Å². The molecule has 1 aliphatic rings. The monoisotopic (exact) mass is 305 g/mol. The Kier molecular flexibility index (Phi) is 4.44. The molecule has 2 aromatic rings. The first kappa shape index (κ1) is 14.4. The number of nitrogens with zero attached hydrogens (tertiary/aromatic N) is 2. The molecule has 1 aliphatic carbocycles. The second-order valence-electron chi connectivity index (χ2n) is 5.73. The summed E-state index contributed by atoms with van der Waals surface area (Å²) in [5.41, 5.74) is 7.29. The maximum absolute atomic E-state index is 5.97. The van der Waals surface area contributed by atoms with E-state index < -0.39 is 0 Å². The molecule has 2 N–H and O–H groups in total. The van der Waals surface area contributed by atoms with Gasteiger partial charge in [-0.05, 0) is 31.0 Å². The van der Waals surface area contributed by atoms with Crippen LogP contribution in [0.1, 0.15) is 56.7 Å². The SMILES string of the molecule is Nc1cc(Cl)ccc1-c1nc(C2CCCCCCC2)no1. The Labute approximate surface area is 129 Å². The summed E-state index contributed by atoms with van der Waals surface area (Å²) in [6, 6.07) is 5.32. The van der Waals surface area contributed by atoms with Crippen LogP contribution >= 0.6 is 11.6 Å². The van der Waals surface area contributed by atoms with Crippen molar-refractivity contribution in [3.05, 3.63) is 29.0 Å². The smallest absolute Gasteiger partial charge is 0.260 e. The van der Waals surface area contributed by atoms with E-state index in [1.807, 2.05) is 6.07 Å². The molecule has 0 saturated heterocycles. The summed E-state index contributed by atoms with van der Waals surface area (Å²) in [4.78, 5) is 4.57. The standard InChI is InChI=1S/C16H20ClN3O/c17-12-8-9-13(14(18)10-12)16-19-15(20-21-16)11-6-4-2-1-3-5-7-11/h8-11H,1-7,18H2. The number of anilines is 1. The fourth-order valence-electron chi connectivity index (χ4n) is 2.95. The van der Waals surface area contributed by atoms with E-state index in [4.69, 9.17) is 21.9 Å². The summed E-state index contributed by atoms with van der Waals surface area (Å²) >= 11 is 5.92.